The van der Waals surface area contributed by atoms with Gasteiger partial charge in [0.15, 0.2) is 5.82 Å². The van der Waals surface area contributed by atoms with Gasteiger partial charge in [0, 0.05) is 19.4 Å². The average Bonchev–Trinajstić information content (AvgIpc) is 2.70. The summed E-state index contributed by atoms with van der Waals surface area (Å²) in [5, 5.41) is 7.18. The molecule has 0 aliphatic heterocycles. The molecule has 0 radical (unpaired) electrons. The fourth-order valence-electron chi connectivity index (χ4n) is 1.34. The van der Waals surface area contributed by atoms with Crippen LogP contribution in [0, 0.1) is 6.92 Å². The molecular weight excluding hydrogens is 176 g/mol. The number of aromatic nitrogens is 3. The largest absolute Gasteiger partial charge is 0.387 e. The molecule has 4 heteroatoms. The smallest absolute Gasteiger partial charge is 0.156 e. The number of nitrogens with one attached hydrogen (secondary N) is 1. The zero-order chi connectivity index (χ0) is 9.97. The molecule has 2 aromatic heterocycles. The van der Waals surface area contributed by atoms with Crippen molar-refractivity contribution in [1.82, 2.24) is 14.8 Å². The number of anilines is 1. The molecule has 0 bridgehead atoms. The highest BCUT2D eigenvalue weighted by molar-refractivity contribution is 5.47. The van der Waals surface area contributed by atoms with Gasteiger partial charge in [0.25, 0.3) is 0 Å². The summed E-state index contributed by atoms with van der Waals surface area (Å²) in [6.45, 7) is 2.02. The minimum absolute atomic E-state index is 0.869. The molecule has 1 N–H and O–H groups in total. The molecule has 0 saturated heterocycles. The summed E-state index contributed by atoms with van der Waals surface area (Å²) in [7, 11) is 1.88. The number of pyridine rings is 1. The van der Waals surface area contributed by atoms with E-state index in [1.54, 1.807) is 17.1 Å². The summed E-state index contributed by atoms with van der Waals surface area (Å²) < 4.78 is 1.76. The molecule has 2 aromatic rings. The van der Waals surface area contributed by atoms with Gasteiger partial charge in [-0.1, -0.05) is 0 Å². The van der Waals surface area contributed by atoms with E-state index in [9.17, 15) is 0 Å². The lowest BCUT2D eigenvalue weighted by Crippen LogP contribution is -2.01. The van der Waals surface area contributed by atoms with Crippen molar-refractivity contribution in [2.45, 2.75) is 6.92 Å². The number of rotatable bonds is 2. The normalized spacial score (nSPS) is 10.1. The van der Waals surface area contributed by atoms with Crippen molar-refractivity contribution in [3.8, 4) is 5.82 Å². The van der Waals surface area contributed by atoms with Crippen LogP contribution in [0.4, 0.5) is 5.69 Å². The molecule has 0 aliphatic carbocycles. The Morgan fingerprint density at radius 3 is 2.86 bits per heavy atom. The highest BCUT2D eigenvalue weighted by Crippen LogP contribution is 2.14. The van der Waals surface area contributed by atoms with Crippen LogP contribution >= 0.6 is 0 Å². The first kappa shape index (κ1) is 8.74. The molecule has 0 amide bonds. The summed E-state index contributed by atoms with van der Waals surface area (Å²) in [6, 6.07) is 3.93. The Bertz CT molecular complexity index is 420. The molecule has 14 heavy (non-hydrogen) atoms. The van der Waals surface area contributed by atoms with Gasteiger partial charge in [-0.05, 0) is 24.6 Å². The molecule has 2 rings (SSSR count). The van der Waals surface area contributed by atoms with Crippen molar-refractivity contribution < 1.29 is 0 Å². The maximum atomic E-state index is 4.33. The van der Waals surface area contributed by atoms with Gasteiger partial charge in [-0.3, -0.25) is 0 Å². The molecule has 0 unspecified atom stereocenters. The summed E-state index contributed by atoms with van der Waals surface area (Å²) in [5.41, 5.74) is 2.11. The first-order valence-electron chi connectivity index (χ1n) is 4.45. The van der Waals surface area contributed by atoms with E-state index in [1.165, 1.54) is 0 Å². The van der Waals surface area contributed by atoms with Crippen LogP contribution in [0.15, 0.2) is 30.7 Å². The van der Waals surface area contributed by atoms with Gasteiger partial charge in [0.05, 0.1) is 11.9 Å². The van der Waals surface area contributed by atoms with Crippen molar-refractivity contribution in [2.24, 2.45) is 0 Å². The predicted molar refractivity (Wildman–Crippen MR) is 55.6 cm³/mol. The summed E-state index contributed by atoms with van der Waals surface area (Å²) in [6.07, 6.45) is 5.42. The molecule has 2 heterocycles. The van der Waals surface area contributed by atoms with Crippen LogP contribution in [0.25, 0.3) is 5.82 Å². The second kappa shape index (κ2) is 3.49. The van der Waals surface area contributed by atoms with Crippen molar-refractivity contribution in [2.75, 3.05) is 12.4 Å². The second-order valence-corrected chi connectivity index (χ2v) is 3.07. The van der Waals surface area contributed by atoms with Crippen molar-refractivity contribution in [3.05, 3.63) is 36.3 Å². The van der Waals surface area contributed by atoms with Gasteiger partial charge in [-0.15, -0.1) is 0 Å². The third-order valence-corrected chi connectivity index (χ3v) is 2.06. The lowest BCUT2D eigenvalue weighted by Gasteiger charge is -2.06. The third kappa shape index (κ3) is 1.46. The van der Waals surface area contributed by atoms with E-state index in [2.05, 4.69) is 15.4 Å². The maximum Gasteiger partial charge on any atom is 0.156 e. The summed E-state index contributed by atoms with van der Waals surface area (Å²) in [5.74, 6) is 0.869. The van der Waals surface area contributed by atoms with Crippen LogP contribution in [-0.2, 0) is 0 Å². The minimum Gasteiger partial charge on any atom is -0.387 e. The molecular formula is C10H12N4. The molecule has 0 aromatic carbocycles. The minimum atomic E-state index is 0.869. The average molecular weight is 188 g/mol. The number of hydrogen-bond donors (Lipinski definition) is 1. The van der Waals surface area contributed by atoms with E-state index in [1.807, 2.05) is 32.3 Å². The zero-order valence-corrected chi connectivity index (χ0v) is 8.23. The van der Waals surface area contributed by atoms with Crippen molar-refractivity contribution >= 4 is 5.69 Å². The third-order valence-electron chi connectivity index (χ3n) is 2.06. The summed E-state index contributed by atoms with van der Waals surface area (Å²) in [4.78, 5) is 4.33. The fourth-order valence-corrected chi connectivity index (χ4v) is 1.34. The van der Waals surface area contributed by atoms with Crippen molar-refractivity contribution in [1.29, 1.82) is 0 Å². The Labute approximate surface area is 82.6 Å². The molecule has 0 spiro atoms. The van der Waals surface area contributed by atoms with Gasteiger partial charge >= 0.3 is 0 Å². The van der Waals surface area contributed by atoms with Crippen molar-refractivity contribution in [3.63, 3.8) is 0 Å². The Balaban J connectivity index is 2.46. The molecule has 0 aliphatic rings. The van der Waals surface area contributed by atoms with Crippen LogP contribution < -0.4 is 5.32 Å². The lowest BCUT2D eigenvalue weighted by atomic mass is 10.2. The monoisotopic (exact) mass is 188 g/mol. The topological polar surface area (TPSA) is 42.7 Å². The Kier molecular flexibility index (Phi) is 2.18. The fraction of sp³-hybridized carbons (Fsp3) is 0.200. The first-order valence-corrected chi connectivity index (χ1v) is 4.45. The number of hydrogen-bond acceptors (Lipinski definition) is 3. The van der Waals surface area contributed by atoms with E-state index in [0.717, 1.165) is 17.1 Å². The van der Waals surface area contributed by atoms with Gasteiger partial charge in [-0.25, -0.2) is 9.67 Å². The highest BCUT2D eigenvalue weighted by Gasteiger charge is 2.02. The predicted octanol–water partition coefficient (Wildman–Crippen LogP) is 1.62. The first-order chi connectivity index (χ1) is 6.81. The van der Waals surface area contributed by atoms with Crippen LogP contribution in [0.5, 0.6) is 0 Å². The van der Waals surface area contributed by atoms with Crippen LogP contribution in [0.1, 0.15) is 5.56 Å². The zero-order valence-electron chi connectivity index (χ0n) is 8.23. The molecule has 0 fully saturated rings. The van der Waals surface area contributed by atoms with E-state index >= 15 is 0 Å². The van der Waals surface area contributed by atoms with Gasteiger partial charge in [-0.2, -0.15) is 5.10 Å². The lowest BCUT2D eigenvalue weighted by molar-refractivity contribution is 0.838. The SMILES string of the molecule is CNc1cnc(-n2cccn2)c(C)c1. The van der Waals surface area contributed by atoms with Crippen LogP contribution in [0.3, 0.4) is 0 Å². The maximum absolute atomic E-state index is 4.33. The van der Waals surface area contributed by atoms with Gasteiger partial charge in [0.1, 0.15) is 0 Å². The van der Waals surface area contributed by atoms with Crippen LogP contribution in [0.2, 0.25) is 0 Å². The van der Waals surface area contributed by atoms with Gasteiger partial charge in [0.2, 0.25) is 0 Å². The Hall–Kier alpha value is -1.84. The molecule has 72 valence electrons. The molecule has 4 nitrogen and oxygen atoms in total. The van der Waals surface area contributed by atoms with E-state index < -0.39 is 0 Å². The Morgan fingerprint density at radius 1 is 1.43 bits per heavy atom. The van der Waals surface area contributed by atoms with E-state index in [0.29, 0.717) is 0 Å². The number of nitrogens with zero attached hydrogens (tertiary/aromatic N) is 3. The quantitative estimate of drug-likeness (QED) is 0.778. The Morgan fingerprint density at radius 2 is 2.29 bits per heavy atom. The van der Waals surface area contributed by atoms with E-state index in [-0.39, 0.29) is 0 Å². The van der Waals surface area contributed by atoms with E-state index in [4.69, 9.17) is 0 Å². The number of aryl methyl sites for hydroxylation is 1. The highest BCUT2D eigenvalue weighted by atomic mass is 15.3. The van der Waals surface area contributed by atoms with Gasteiger partial charge < -0.3 is 5.32 Å². The second-order valence-electron chi connectivity index (χ2n) is 3.07. The van der Waals surface area contributed by atoms with Crippen LogP contribution in [-0.4, -0.2) is 21.8 Å². The molecule has 0 atom stereocenters. The molecule has 0 saturated carbocycles. The summed E-state index contributed by atoms with van der Waals surface area (Å²) >= 11 is 0. The standard InChI is InChI=1S/C10H12N4/c1-8-6-9(11-2)7-12-10(8)14-5-3-4-13-14/h3-7,11H,1-2H3.